The second-order valence-electron chi connectivity index (χ2n) is 6.09. The van der Waals surface area contributed by atoms with Crippen LogP contribution in [0.5, 0.6) is 5.75 Å². The molecule has 1 aliphatic rings. The van der Waals surface area contributed by atoms with Crippen molar-refractivity contribution in [3.05, 3.63) is 42.2 Å². The number of nitrogens with zero attached hydrogens (tertiary/aromatic N) is 4. The summed E-state index contributed by atoms with van der Waals surface area (Å²) < 4.78 is 31.3. The third-order valence-electron chi connectivity index (χ3n) is 4.17. The summed E-state index contributed by atoms with van der Waals surface area (Å²) in [4.78, 5) is 4.37. The number of aromatic nitrogens is 2. The summed E-state index contributed by atoms with van der Waals surface area (Å²) in [6.45, 7) is 1.25. The molecule has 1 N–H and O–H groups in total. The van der Waals surface area contributed by atoms with Crippen LogP contribution in [0.2, 0.25) is 0 Å². The summed E-state index contributed by atoms with van der Waals surface area (Å²) in [7, 11) is 1.90. The van der Waals surface area contributed by atoms with Crippen LogP contribution in [0.1, 0.15) is 5.56 Å². The van der Waals surface area contributed by atoms with Gasteiger partial charge in [-0.2, -0.15) is 13.9 Å². The van der Waals surface area contributed by atoms with Crippen molar-refractivity contribution in [2.24, 2.45) is 7.05 Å². The van der Waals surface area contributed by atoms with Gasteiger partial charge < -0.3 is 15.0 Å². The number of nitrogens with one attached hydrogen (secondary N) is 1. The molecule has 140 valence electrons. The first-order valence-electron chi connectivity index (χ1n) is 8.31. The molecular formula is C17H21F2N5OS. The Labute approximate surface area is 156 Å². The van der Waals surface area contributed by atoms with E-state index < -0.39 is 6.61 Å². The predicted octanol–water partition coefficient (Wildman–Crippen LogP) is 2.54. The lowest BCUT2D eigenvalue weighted by Gasteiger charge is -2.36. The molecule has 0 saturated carbocycles. The fourth-order valence-electron chi connectivity index (χ4n) is 2.88. The number of piperazine rings is 1. The van der Waals surface area contributed by atoms with Crippen LogP contribution in [-0.4, -0.2) is 57.5 Å². The van der Waals surface area contributed by atoms with E-state index in [1.54, 1.807) is 22.9 Å². The van der Waals surface area contributed by atoms with E-state index >= 15 is 0 Å². The van der Waals surface area contributed by atoms with Crippen molar-refractivity contribution < 1.29 is 13.5 Å². The number of ether oxygens (including phenoxy) is 1. The SMILES string of the molecule is Cn1cc(CN2CCN(C(=S)Nc3ccccc3OC(F)F)CC2)cn1. The summed E-state index contributed by atoms with van der Waals surface area (Å²) in [5.74, 6) is 0.0834. The van der Waals surface area contributed by atoms with Gasteiger partial charge in [0.2, 0.25) is 0 Å². The standard InChI is InChI=1S/C17H21F2N5OS/c1-22-11-13(10-20-22)12-23-6-8-24(9-7-23)17(26)21-14-4-2-3-5-15(14)25-16(18)19/h2-5,10-11,16H,6-9,12H2,1H3,(H,21,26). The van der Waals surface area contributed by atoms with Crippen LogP contribution in [0.25, 0.3) is 0 Å². The molecule has 0 unspecified atom stereocenters. The van der Waals surface area contributed by atoms with Crippen molar-refractivity contribution in [2.45, 2.75) is 13.2 Å². The van der Waals surface area contributed by atoms with E-state index in [1.807, 2.05) is 24.3 Å². The van der Waals surface area contributed by atoms with Crippen molar-refractivity contribution in [1.29, 1.82) is 0 Å². The van der Waals surface area contributed by atoms with Crippen LogP contribution < -0.4 is 10.1 Å². The molecule has 0 amide bonds. The van der Waals surface area contributed by atoms with E-state index in [0.29, 0.717) is 10.8 Å². The lowest BCUT2D eigenvalue weighted by Crippen LogP contribution is -2.49. The molecule has 6 nitrogen and oxygen atoms in total. The molecule has 0 radical (unpaired) electrons. The number of alkyl halides is 2. The topological polar surface area (TPSA) is 45.6 Å². The van der Waals surface area contributed by atoms with Crippen LogP contribution >= 0.6 is 12.2 Å². The van der Waals surface area contributed by atoms with Gasteiger partial charge in [0.1, 0.15) is 5.75 Å². The molecule has 2 heterocycles. The minimum absolute atomic E-state index is 0.0834. The van der Waals surface area contributed by atoms with Gasteiger partial charge in [0.25, 0.3) is 0 Å². The van der Waals surface area contributed by atoms with Gasteiger partial charge in [-0.1, -0.05) is 12.1 Å². The number of rotatable bonds is 5. The Kier molecular flexibility index (Phi) is 6.00. The van der Waals surface area contributed by atoms with Crippen molar-refractivity contribution >= 4 is 23.0 Å². The van der Waals surface area contributed by atoms with Crippen LogP contribution in [0.3, 0.4) is 0 Å². The summed E-state index contributed by atoms with van der Waals surface area (Å²) in [6, 6.07) is 6.55. The van der Waals surface area contributed by atoms with Gasteiger partial charge in [0, 0.05) is 51.5 Å². The number of thiocarbonyl (C=S) groups is 1. The third-order valence-corrected chi connectivity index (χ3v) is 4.53. The quantitative estimate of drug-likeness (QED) is 0.803. The Morgan fingerprint density at radius 3 is 2.65 bits per heavy atom. The molecule has 1 saturated heterocycles. The largest absolute Gasteiger partial charge is 0.433 e. The third kappa shape index (κ3) is 4.89. The van der Waals surface area contributed by atoms with Crippen molar-refractivity contribution in [1.82, 2.24) is 19.6 Å². The zero-order valence-electron chi connectivity index (χ0n) is 14.4. The number of aryl methyl sites for hydroxylation is 1. The zero-order valence-corrected chi connectivity index (χ0v) is 15.3. The van der Waals surface area contributed by atoms with Gasteiger partial charge in [-0.3, -0.25) is 9.58 Å². The van der Waals surface area contributed by atoms with Gasteiger partial charge >= 0.3 is 6.61 Å². The van der Waals surface area contributed by atoms with E-state index in [1.165, 1.54) is 11.6 Å². The molecule has 1 fully saturated rings. The van der Waals surface area contributed by atoms with Crippen LogP contribution in [-0.2, 0) is 13.6 Å². The van der Waals surface area contributed by atoms with Crippen molar-refractivity contribution in [2.75, 3.05) is 31.5 Å². The van der Waals surface area contributed by atoms with Gasteiger partial charge in [0.05, 0.1) is 11.9 Å². The Balaban J connectivity index is 1.52. The van der Waals surface area contributed by atoms with E-state index in [9.17, 15) is 8.78 Å². The number of hydrogen-bond donors (Lipinski definition) is 1. The van der Waals surface area contributed by atoms with Gasteiger partial charge in [0.15, 0.2) is 5.11 Å². The molecule has 0 atom stereocenters. The Morgan fingerprint density at radius 1 is 1.27 bits per heavy atom. The molecular weight excluding hydrogens is 360 g/mol. The Bertz CT molecular complexity index is 746. The maximum absolute atomic E-state index is 12.5. The number of halogens is 2. The molecule has 2 aromatic rings. The molecule has 9 heteroatoms. The van der Waals surface area contributed by atoms with E-state index in [4.69, 9.17) is 12.2 Å². The smallest absolute Gasteiger partial charge is 0.387 e. The minimum Gasteiger partial charge on any atom is -0.433 e. The number of benzene rings is 1. The molecule has 0 bridgehead atoms. The first-order valence-corrected chi connectivity index (χ1v) is 8.72. The second kappa shape index (κ2) is 8.41. The fraction of sp³-hybridized carbons (Fsp3) is 0.412. The van der Waals surface area contributed by atoms with Crippen LogP contribution in [0, 0.1) is 0 Å². The lowest BCUT2D eigenvalue weighted by molar-refractivity contribution is -0.0493. The van der Waals surface area contributed by atoms with E-state index in [2.05, 4.69) is 20.1 Å². The highest BCUT2D eigenvalue weighted by atomic mass is 32.1. The summed E-state index contributed by atoms with van der Waals surface area (Å²) in [5, 5.41) is 7.72. The summed E-state index contributed by atoms with van der Waals surface area (Å²) >= 11 is 5.44. The number of hydrogen-bond acceptors (Lipinski definition) is 4. The number of anilines is 1. The molecule has 1 aromatic carbocycles. The van der Waals surface area contributed by atoms with Gasteiger partial charge in [-0.15, -0.1) is 0 Å². The van der Waals surface area contributed by atoms with Gasteiger partial charge in [-0.05, 0) is 24.4 Å². The predicted molar refractivity (Wildman–Crippen MR) is 99.4 cm³/mol. The highest BCUT2D eigenvalue weighted by molar-refractivity contribution is 7.80. The lowest BCUT2D eigenvalue weighted by atomic mass is 10.2. The average Bonchev–Trinajstić information content (AvgIpc) is 3.01. The summed E-state index contributed by atoms with van der Waals surface area (Å²) in [6.07, 6.45) is 3.89. The molecule has 1 aliphatic heterocycles. The molecule has 1 aromatic heterocycles. The van der Waals surface area contributed by atoms with Crippen LogP contribution in [0.15, 0.2) is 36.7 Å². The highest BCUT2D eigenvalue weighted by Crippen LogP contribution is 2.26. The van der Waals surface area contributed by atoms with Crippen LogP contribution in [0.4, 0.5) is 14.5 Å². The first-order chi connectivity index (χ1) is 12.5. The van der Waals surface area contributed by atoms with E-state index in [-0.39, 0.29) is 5.75 Å². The monoisotopic (exact) mass is 381 g/mol. The zero-order chi connectivity index (χ0) is 18.5. The van der Waals surface area contributed by atoms with Crippen molar-refractivity contribution in [3.63, 3.8) is 0 Å². The van der Waals surface area contributed by atoms with Crippen molar-refractivity contribution in [3.8, 4) is 5.75 Å². The molecule has 26 heavy (non-hydrogen) atoms. The average molecular weight is 381 g/mol. The fourth-order valence-corrected chi connectivity index (χ4v) is 3.18. The Hall–Kier alpha value is -2.26. The van der Waals surface area contributed by atoms with E-state index in [0.717, 1.165) is 32.7 Å². The summed E-state index contributed by atoms with van der Waals surface area (Å²) in [5.41, 5.74) is 1.62. The normalized spacial score (nSPS) is 15.3. The Morgan fingerprint density at radius 2 is 2.00 bits per heavy atom. The molecule has 3 rings (SSSR count). The maximum Gasteiger partial charge on any atom is 0.387 e. The first kappa shape index (κ1) is 18.5. The maximum atomic E-state index is 12.5. The minimum atomic E-state index is -2.87. The highest BCUT2D eigenvalue weighted by Gasteiger charge is 2.20. The second-order valence-corrected chi connectivity index (χ2v) is 6.48. The molecule has 0 spiro atoms. The van der Waals surface area contributed by atoms with Gasteiger partial charge in [-0.25, -0.2) is 0 Å². The molecule has 0 aliphatic carbocycles. The number of para-hydroxylation sites is 2.